The maximum Gasteiger partial charge on any atom is 0.250 e. The number of sulfone groups is 1. The number of thiazole rings is 1. The molecule has 0 radical (unpaired) electrons. The first kappa shape index (κ1) is 20.9. The van der Waals surface area contributed by atoms with Crippen molar-refractivity contribution in [3.8, 4) is 21.3 Å². The number of rotatable bonds is 8. The van der Waals surface area contributed by atoms with Crippen molar-refractivity contribution in [2.45, 2.75) is 24.4 Å². The molecule has 0 bridgehead atoms. The van der Waals surface area contributed by atoms with Crippen LogP contribution in [0.4, 0.5) is 0 Å². The number of aryl methyl sites for hydroxylation is 1. The van der Waals surface area contributed by atoms with E-state index in [1.807, 2.05) is 48.7 Å². The molecular weight excluding hydrogens is 440 g/mol. The molecule has 0 atom stereocenters. The van der Waals surface area contributed by atoms with Crippen LogP contribution in [0.2, 0.25) is 0 Å². The van der Waals surface area contributed by atoms with Crippen LogP contribution >= 0.6 is 22.7 Å². The molecule has 4 rings (SSSR count). The highest BCUT2D eigenvalue weighted by Crippen LogP contribution is 2.29. The average Bonchev–Trinajstić information content (AvgIpc) is 3.46. The molecule has 30 heavy (non-hydrogen) atoms. The van der Waals surface area contributed by atoms with Crippen molar-refractivity contribution in [3.05, 3.63) is 58.4 Å². The second-order valence-corrected chi connectivity index (χ2v) is 10.4. The first-order chi connectivity index (χ1) is 14.5. The van der Waals surface area contributed by atoms with Crippen molar-refractivity contribution >= 4 is 32.5 Å². The summed E-state index contributed by atoms with van der Waals surface area (Å²) in [6.07, 6.45) is 0. The van der Waals surface area contributed by atoms with Crippen LogP contribution in [0.15, 0.2) is 52.3 Å². The predicted octanol–water partition coefficient (Wildman–Crippen LogP) is 4.06. The zero-order valence-corrected chi connectivity index (χ0v) is 18.9. The van der Waals surface area contributed by atoms with Gasteiger partial charge in [-0.15, -0.1) is 32.9 Å². The lowest BCUT2D eigenvalue weighted by Crippen LogP contribution is -2.16. The van der Waals surface area contributed by atoms with Crippen molar-refractivity contribution in [1.82, 2.24) is 19.7 Å². The fourth-order valence-electron chi connectivity index (χ4n) is 3.05. The second-order valence-electron chi connectivity index (χ2n) is 6.70. The summed E-state index contributed by atoms with van der Waals surface area (Å²) in [7, 11) is -2.17. The number of benzene rings is 1. The maximum absolute atomic E-state index is 13.2. The van der Waals surface area contributed by atoms with Crippen LogP contribution in [0.1, 0.15) is 11.3 Å². The third kappa shape index (κ3) is 4.36. The van der Waals surface area contributed by atoms with Crippen LogP contribution in [-0.2, 0) is 26.9 Å². The zero-order chi connectivity index (χ0) is 21.1. The lowest BCUT2D eigenvalue weighted by molar-refractivity contribution is 0.185. The van der Waals surface area contributed by atoms with E-state index < -0.39 is 9.84 Å². The average molecular weight is 461 g/mol. The molecule has 0 aliphatic rings. The van der Waals surface area contributed by atoms with Crippen molar-refractivity contribution in [2.75, 3.05) is 13.7 Å². The number of aromatic nitrogens is 4. The Bertz CT molecular complexity index is 1240. The summed E-state index contributed by atoms with van der Waals surface area (Å²) >= 11 is 3.01. The quantitative estimate of drug-likeness (QED) is 0.394. The van der Waals surface area contributed by atoms with Crippen LogP contribution in [0, 0.1) is 6.92 Å². The molecule has 4 aromatic rings. The lowest BCUT2D eigenvalue weighted by Gasteiger charge is -2.10. The highest BCUT2D eigenvalue weighted by atomic mass is 32.2. The van der Waals surface area contributed by atoms with E-state index in [-0.39, 0.29) is 10.9 Å². The lowest BCUT2D eigenvalue weighted by atomic mass is 10.1. The highest BCUT2D eigenvalue weighted by molar-refractivity contribution is 7.90. The standard InChI is InChI=1S/C20H20N4O3S3/c1-14-5-3-6-15(11-14)18-22-23-20(24(18)8-9-27-2)30(25,26)13-16-12-29-19(21-16)17-7-4-10-28-17/h3-7,10-12H,8-9,13H2,1-2H3. The van der Waals surface area contributed by atoms with E-state index in [1.165, 1.54) is 11.3 Å². The Morgan fingerprint density at radius 2 is 2.00 bits per heavy atom. The zero-order valence-electron chi connectivity index (χ0n) is 16.5. The molecule has 3 aromatic heterocycles. The minimum absolute atomic E-state index is 0.0678. The van der Waals surface area contributed by atoms with Gasteiger partial charge in [0, 0.05) is 18.1 Å². The normalized spacial score (nSPS) is 11.8. The summed E-state index contributed by atoms with van der Waals surface area (Å²) in [5.41, 5.74) is 2.37. The molecule has 7 nitrogen and oxygen atoms in total. The number of thiophene rings is 1. The Balaban J connectivity index is 1.68. The smallest absolute Gasteiger partial charge is 0.250 e. The number of methoxy groups -OCH3 is 1. The van der Waals surface area contributed by atoms with E-state index in [2.05, 4.69) is 15.2 Å². The monoisotopic (exact) mass is 460 g/mol. The van der Waals surface area contributed by atoms with Crippen LogP contribution in [0.5, 0.6) is 0 Å². The Hall–Kier alpha value is -2.40. The van der Waals surface area contributed by atoms with Gasteiger partial charge in [0.25, 0.3) is 0 Å². The number of hydrogen-bond donors (Lipinski definition) is 0. The first-order valence-corrected chi connectivity index (χ1v) is 12.6. The van der Waals surface area contributed by atoms with Gasteiger partial charge >= 0.3 is 0 Å². The number of ether oxygens (including phenoxy) is 1. The molecule has 0 saturated heterocycles. The second kappa shape index (κ2) is 8.76. The summed E-state index contributed by atoms with van der Waals surface area (Å²) in [5.74, 6) is 0.278. The molecular formula is C20H20N4O3S3. The van der Waals surface area contributed by atoms with Gasteiger partial charge in [-0.25, -0.2) is 13.4 Å². The van der Waals surface area contributed by atoms with Gasteiger partial charge in [0.1, 0.15) is 10.8 Å². The molecule has 3 heterocycles. The molecule has 156 valence electrons. The van der Waals surface area contributed by atoms with Gasteiger partial charge in [-0.2, -0.15) is 0 Å². The summed E-state index contributed by atoms with van der Waals surface area (Å²) in [6, 6.07) is 11.7. The minimum Gasteiger partial charge on any atom is -0.383 e. The molecule has 0 N–H and O–H groups in total. The fourth-order valence-corrected chi connectivity index (χ4v) is 6.13. The summed E-state index contributed by atoms with van der Waals surface area (Å²) in [4.78, 5) is 5.52. The van der Waals surface area contributed by atoms with Crippen LogP contribution in [-0.4, -0.2) is 41.9 Å². The topological polar surface area (TPSA) is 87.0 Å². The van der Waals surface area contributed by atoms with E-state index in [9.17, 15) is 8.42 Å². The molecule has 0 fully saturated rings. The number of hydrogen-bond acceptors (Lipinski definition) is 8. The molecule has 0 amide bonds. The molecule has 0 unspecified atom stereocenters. The van der Waals surface area contributed by atoms with E-state index in [4.69, 9.17) is 4.74 Å². The maximum atomic E-state index is 13.2. The summed E-state index contributed by atoms with van der Waals surface area (Å²) in [5, 5.41) is 12.7. The van der Waals surface area contributed by atoms with E-state index >= 15 is 0 Å². The van der Waals surface area contributed by atoms with Crippen molar-refractivity contribution in [1.29, 1.82) is 0 Å². The van der Waals surface area contributed by atoms with Gasteiger partial charge in [-0.05, 0) is 24.4 Å². The highest BCUT2D eigenvalue weighted by Gasteiger charge is 2.27. The van der Waals surface area contributed by atoms with Crippen molar-refractivity contribution in [2.24, 2.45) is 0 Å². The van der Waals surface area contributed by atoms with Gasteiger partial charge in [0.2, 0.25) is 15.0 Å². The largest absolute Gasteiger partial charge is 0.383 e. The Kier molecular flexibility index (Phi) is 6.09. The third-order valence-corrected chi connectivity index (χ3v) is 7.88. The minimum atomic E-state index is -3.75. The SMILES string of the molecule is COCCn1c(-c2cccc(C)c2)nnc1S(=O)(=O)Cc1csc(-c2cccs2)n1. The van der Waals surface area contributed by atoms with Crippen molar-refractivity contribution in [3.63, 3.8) is 0 Å². The van der Waals surface area contributed by atoms with Crippen LogP contribution in [0.3, 0.4) is 0 Å². The van der Waals surface area contributed by atoms with Gasteiger partial charge in [-0.3, -0.25) is 4.57 Å². The molecule has 0 aliphatic carbocycles. The molecule has 1 aromatic carbocycles. The fraction of sp³-hybridized carbons (Fsp3) is 0.250. The molecule has 0 aliphatic heterocycles. The molecule has 0 saturated carbocycles. The molecule has 0 spiro atoms. The predicted molar refractivity (Wildman–Crippen MR) is 118 cm³/mol. The van der Waals surface area contributed by atoms with Crippen LogP contribution in [0.25, 0.3) is 21.3 Å². The van der Waals surface area contributed by atoms with Crippen LogP contribution < -0.4 is 0 Å². The summed E-state index contributed by atoms with van der Waals surface area (Å²) in [6.45, 7) is 2.65. The Morgan fingerprint density at radius 3 is 2.73 bits per heavy atom. The van der Waals surface area contributed by atoms with E-state index in [0.717, 1.165) is 21.0 Å². The Morgan fingerprint density at radius 1 is 1.13 bits per heavy atom. The van der Waals surface area contributed by atoms with Gasteiger partial charge < -0.3 is 4.74 Å². The first-order valence-electron chi connectivity index (χ1n) is 9.18. The van der Waals surface area contributed by atoms with E-state index in [0.29, 0.717) is 24.7 Å². The number of nitrogens with zero attached hydrogens (tertiary/aromatic N) is 4. The van der Waals surface area contributed by atoms with Gasteiger partial charge in [-0.1, -0.05) is 29.8 Å². The van der Waals surface area contributed by atoms with E-state index in [1.54, 1.807) is 28.4 Å². The summed E-state index contributed by atoms with van der Waals surface area (Å²) < 4.78 is 33.2. The molecule has 10 heteroatoms. The van der Waals surface area contributed by atoms with Crippen molar-refractivity contribution < 1.29 is 13.2 Å². The Labute approximate surface area is 182 Å². The van der Waals surface area contributed by atoms with Gasteiger partial charge in [0.05, 0.1) is 23.7 Å². The van der Waals surface area contributed by atoms with Gasteiger partial charge in [0.15, 0.2) is 5.82 Å². The third-order valence-electron chi connectivity index (χ3n) is 4.41.